The molecule has 0 aliphatic carbocycles. The smallest absolute Gasteiger partial charge is 0.337 e. The average Bonchev–Trinajstić information content (AvgIpc) is 2.62. The van der Waals surface area contributed by atoms with E-state index in [1.807, 2.05) is 11.8 Å². The van der Waals surface area contributed by atoms with Gasteiger partial charge in [0.05, 0.1) is 22.3 Å². The molecular formula is C13H16N2O5. The summed E-state index contributed by atoms with van der Waals surface area (Å²) >= 11 is 0. The zero-order valence-corrected chi connectivity index (χ0v) is 11.1. The molecule has 108 valence electrons. The maximum Gasteiger partial charge on any atom is 0.337 e. The highest BCUT2D eigenvalue weighted by Crippen LogP contribution is 2.27. The Kier molecular flexibility index (Phi) is 4.19. The van der Waals surface area contributed by atoms with Gasteiger partial charge in [-0.25, -0.2) is 4.79 Å². The average molecular weight is 280 g/mol. The summed E-state index contributed by atoms with van der Waals surface area (Å²) in [5.74, 6) is -1.09. The third-order valence-electron chi connectivity index (χ3n) is 3.22. The third-order valence-corrected chi connectivity index (χ3v) is 3.22. The van der Waals surface area contributed by atoms with Crippen LogP contribution in [0.5, 0.6) is 0 Å². The standard InChI is InChI=1S/C13H16N2O5/c1-9-8-14(5-2-6-20-9)12-7-10(15(18)19)3-4-11(12)13(16)17/h3-4,7,9H,2,5-6,8H2,1H3,(H,16,17). The predicted octanol–water partition coefficient (Wildman–Crippen LogP) is 1.91. The van der Waals surface area contributed by atoms with Crippen LogP contribution in [0.1, 0.15) is 23.7 Å². The lowest BCUT2D eigenvalue weighted by Gasteiger charge is -2.25. The van der Waals surface area contributed by atoms with E-state index in [9.17, 15) is 20.0 Å². The van der Waals surface area contributed by atoms with E-state index in [0.717, 1.165) is 6.42 Å². The van der Waals surface area contributed by atoms with Crippen LogP contribution in [-0.4, -0.2) is 41.8 Å². The van der Waals surface area contributed by atoms with Crippen LogP contribution in [0.4, 0.5) is 11.4 Å². The van der Waals surface area contributed by atoms with Gasteiger partial charge in [-0.1, -0.05) is 0 Å². The summed E-state index contributed by atoms with van der Waals surface area (Å²) in [7, 11) is 0. The number of nitro benzene ring substituents is 1. The van der Waals surface area contributed by atoms with Crippen molar-refractivity contribution in [3.8, 4) is 0 Å². The minimum atomic E-state index is -1.09. The fourth-order valence-electron chi connectivity index (χ4n) is 2.29. The van der Waals surface area contributed by atoms with Crippen LogP contribution in [0, 0.1) is 10.1 Å². The second kappa shape index (κ2) is 5.87. The molecule has 1 aliphatic heterocycles. The van der Waals surface area contributed by atoms with E-state index in [2.05, 4.69) is 0 Å². The Bertz CT molecular complexity index is 531. The van der Waals surface area contributed by atoms with Crippen molar-refractivity contribution in [3.05, 3.63) is 33.9 Å². The Balaban J connectivity index is 2.42. The minimum Gasteiger partial charge on any atom is -0.478 e. The molecular weight excluding hydrogens is 264 g/mol. The molecule has 7 heteroatoms. The predicted molar refractivity (Wildman–Crippen MR) is 72.3 cm³/mol. The molecule has 1 heterocycles. The molecule has 0 saturated carbocycles. The van der Waals surface area contributed by atoms with Crippen LogP contribution >= 0.6 is 0 Å². The molecule has 20 heavy (non-hydrogen) atoms. The number of non-ortho nitro benzene ring substituents is 1. The molecule has 0 aromatic heterocycles. The highest BCUT2D eigenvalue weighted by Gasteiger charge is 2.23. The number of aromatic carboxylic acids is 1. The van der Waals surface area contributed by atoms with Crippen molar-refractivity contribution in [1.82, 2.24) is 0 Å². The number of anilines is 1. The number of rotatable bonds is 3. The van der Waals surface area contributed by atoms with Gasteiger partial charge in [0.25, 0.3) is 5.69 Å². The number of carbonyl (C=O) groups is 1. The van der Waals surface area contributed by atoms with Gasteiger partial charge in [0.2, 0.25) is 0 Å². The molecule has 0 radical (unpaired) electrons. The molecule has 0 bridgehead atoms. The van der Waals surface area contributed by atoms with E-state index < -0.39 is 10.9 Å². The van der Waals surface area contributed by atoms with Crippen LogP contribution in [0.15, 0.2) is 18.2 Å². The molecule has 1 fully saturated rings. The summed E-state index contributed by atoms with van der Waals surface area (Å²) in [5, 5.41) is 20.1. The van der Waals surface area contributed by atoms with Crippen LogP contribution in [0.25, 0.3) is 0 Å². The van der Waals surface area contributed by atoms with Crippen LogP contribution < -0.4 is 4.90 Å². The number of carboxylic acid groups (broad SMARTS) is 1. The Morgan fingerprint density at radius 3 is 2.95 bits per heavy atom. The van der Waals surface area contributed by atoms with Crippen LogP contribution in [0.2, 0.25) is 0 Å². The zero-order chi connectivity index (χ0) is 14.7. The Morgan fingerprint density at radius 2 is 2.30 bits per heavy atom. The first-order chi connectivity index (χ1) is 9.49. The molecule has 1 aromatic rings. The van der Waals surface area contributed by atoms with Crippen molar-refractivity contribution < 1.29 is 19.6 Å². The lowest BCUT2D eigenvalue weighted by atomic mass is 10.1. The number of carboxylic acids is 1. The second-order valence-corrected chi connectivity index (χ2v) is 4.74. The largest absolute Gasteiger partial charge is 0.478 e. The highest BCUT2D eigenvalue weighted by atomic mass is 16.6. The van der Waals surface area contributed by atoms with Gasteiger partial charge < -0.3 is 14.7 Å². The zero-order valence-electron chi connectivity index (χ0n) is 11.1. The minimum absolute atomic E-state index is 0.0431. The SMILES string of the molecule is CC1CN(c2cc([N+](=O)[O-])ccc2C(=O)O)CCCO1. The number of hydrogen-bond acceptors (Lipinski definition) is 5. The van der Waals surface area contributed by atoms with Crippen molar-refractivity contribution >= 4 is 17.3 Å². The Labute approximate surface area is 115 Å². The van der Waals surface area contributed by atoms with Gasteiger partial charge in [0.1, 0.15) is 0 Å². The van der Waals surface area contributed by atoms with E-state index in [0.29, 0.717) is 25.4 Å². The van der Waals surface area contributed by atoms with Gasteiger partial charge in [-0.3, -0.25) is 10.1 Å². The van der Waals surface area contributed by atoms with Crippen molar-refractivity contribution in [3.63, 3.8) is 0 Å². The number of nitro groups is 1. The number of ether oxygens (including phenoxy) is 1. The van der Waals surface area contributed by atoms with E-state index >= 15 is 0 Å². The fourth-order valence-corrected chi connectivity index (χ4v) is 2.29. The van der Waals surface area contributed by atoms with Crippen LogP contribution in [0.3, 0.4) is 0 Å². The lowest BCUT2D eigenvalue weighted by Crippen LogP contribution is -2.31. The molecule has 1 aromatic carbocycles. The van der Waals surface area contributed by atoms with E-state index in [1.165, 1.54) is 18.2 Å². The quantitative estimate of drug-likeness (QED) is 0.671. The van der Waals surface area contributed by atoms with E-state index in [1.54, 1.807) is 0 Å². The first kappa shape index (κ1) is 14.3. The highest BCUT2D eigenvalue weighted by molar-refractivity contribution is 5.95. The van der Waals surface area contributed by atoms with Crippen molar-refractivity contribution in [2.24, 2.45) is 0 Å². The summed E-state index contributed by atoms with van der Waals surface area (Å²) < 4.78 is 5.51. The first-order valence-electron chi connectivity index (χ1n) is 6.37. The summed E-state index contributed by atoms with van der Waals surface area (Å²) in [6.07, 6.45) is 0.713. The first-order valence-corrected chi connectivity index (χ1v) is 6.37. The molecule has 2 rings (SSSR count). The summed E-state index contributed by atoms with van der Waals surface area (Å²) in [6, 6.07) is 3.82. The van der Waals surface area contributed by atoms with Gasteiger partial charge in [0.15, 0.2) is 0 Å². The fraction of sp³-hybridized carbons (Fsp3) is 0.462. The topological polar surface area (TPSA) is 92.9 Å². The number of benzene rings is 1. The van der Waals surface area contributed by atoms with E-state index in [-0.39, 0.29) is 17.4 Å². The molecule has 0 amide bonds. The van der Waals surface area contributed by atoms with Crippen molar-refractivity contribution in [2.45, 2.75) is 19.4 Å². The summed E-state index contributed by atoms with van der Waals surface area (Å²) in [4.78, 5) is 23.5. The Morgan fingerprint density at radius 1 is 1.55 bits per heavy atom. The third kappa shape index (κ3) is 3.05. The maximum absolute atomic E-state index is 11.3. The maximum atomic E-state index is 11.3. The van der Waals surface area contributed by atoms with Gasteiger partial charge in [-0.05, 0) is 19.4 Å². The van der Waals surface area contributed by atoms with E-state index in [4.69, 9.17) is 4.74 Å². The molecule has 1 saturated heterocycles. The second-order valence-electron chi connectivity index (χ2n) is 4.74. The lowest BCUT2D eigenvalue weighted by molar-refractivity contribution is -0.384. The molecule has 7 nitrogen and oxygen atoms in total. The number of hydrogen-bond donors (Lipinski definition) is 1. The molecule has 1 unspecified atom stereocenters. The summed E-state index contributed by atoms with van der Waals surface area (Å²) in [6.45, 7) is 3.64. The summed E-state index contributed by atoms with van der Waals surface area (Å²) in [5.41, 5.74) is 0.344. The normalized spacial score (nSPS) is 19.4. The molecule has 1 aliphatic rings. The Hall–Kier alpha value is -2.15. The van der Waals surface area contributed by atoms with Crippen molar-refractivity contribution in [2.75, 3.05) is 24.6 Å². The molecule has 1 N–H and O–H groups in total. The van der Waals surface area contributed by atoms with Gasteiger partial charge in [-0.15, -0.1) is 0 Å². The van der Waals surface area contributed by atoms with Gasteiger partial charge in [0, 0.05) is 31.8 Å². The number of nitrogens with zero attached hydrogens (tertiary/aromatic N) is 2. The van der Waals surface area contributed by atoms with Crippen molar-refractivity contribution in [1.29, 1.82) is 0 Å². The monoisotopic (exact) mass is 280 g/mol. The van der Waals surface area contributed by atoms with Crippen LogP contribution in [-0.2, 0) is 4.74 Å². The molecule has 1 atom stereocenters. The molecule has 0 spiro atoms. The van der Waals surface area contributed by atoms with Gasteiger partial charge in [-0.2, -0.15) is 0 Å². The van der Waals surface area contributed by atoms with Gasteiger partial charge >= 0.3 is 5.97 Å².